The van der Waals surface area contributed by atoms with E-state index >= 15 is 0 Å². The Kier molecular flexibility index (Phi) is 2.53. The third-order valence-electron chi connectivity index (χ3n) is 2.72. The third kappa shape index (κ3) is 1.31. The minimum absolute atomic E-state index is 0.0333. The molecule has 6 heteroatoms. The second-order valence-electron chi connectivity index (χ2n) is 3.43. The van der Waals surface area contributed by atoms with Crippen LogP contribution in [0.25, 0.3) is 0 Å². The summed E-state index contributed by atoms with van der Waals surface area (Å²) in [5.41, 5.74) is 0.555. The maximum atomic E-state index is 12.3. The van der Waals surface area contributed by atoms with E-state index in [1.165, 1.54) is 0 Å². The van der Waals surface area contributed by atoms with E-state index in [0.717, 1.165) is 0 Å². The molecule has 0 spiro atoms. The molecule has 1 rings (SSSR count). The zero-order chi connectivity index (χ0) is 10.3. The molecule has 0 atom stereocenters. The predicted octanol–water partition coefficient (Wildman–Crippen LogP) is 1.96. The van der Waals surface area contributed by atoms with Crippen molar-refractivity contribution >= 4 is 0 Å². The summed E-state index contributed by atoms with van der Waals surface area (Å²) in [4.78, 5) is 0. The summed E-state index contributed by atoms with van der Waals surface area (Å²) >= 11 is 0. The van der Waals surface area contributed by atoms with E-state index in [-0.39, 0.29) is 12.8 Å². The van der Waals surface area contributed by atoms with Crippen LogP contribution in [0.4, 0.5) is 22.0 Å². The first-order valence-corrected chi connectivity index (χ1v) is 3.82. The summed E-state index contributed by atoms with van der Waals surface area (Å²) in [7, 11) is 0. The fraction of sp³-hybridized carbons (Fsp3) is 1.00. The Morgan fingerprint density at radius 1 is 1.15 bits per heavy atom. The quantitative estimate of drug-likeness (QED) is 0.694. The molecule has 0 heterocycles. The highest BCUT2D eigenvalue weighted by Crippen LogP contribution is 2.54. The lowest BCUT2D eigenvalue weighted by Crippen LogP contribution is -2.55. The first kappa shape index (κ1) is 10.7. The molecule has 0 saturated heterocycles. The number of nitrogens with two attached hydrogens (primary N) is 1. The van der Waals surface area contributed by atoms with Crippen molar-refractivity contribution in [1.82, 2.24) is 0 Å². The minimum Gasteiger partial charge on any atom is -0.324 e. The van der Waals surface area contributed by atoms with Crippen molar-refractivity contribution < 1.29 is 22.0 Å². The van der Waals surface area contributed by atoms with Crippen LogP contribution in [0.2, 0.25) is 0 Å². The highest BCUT2D eigenvalue weighted by molar-refractivity contribution is 5.14. The highest BCUT2D eigenvalue weighted by atomic mass is 19.3. The van der Waals surface area contributed by atoms with E-state index in [1.807, 2.05) is 0 Å². The SMILES string of the molecule is NC1(C(CF)(C(F)F)C(F)F)CC1. The summed E-state index contributed by atoms with van der Waals surface area (Å²) < 4.78 is 61.7. The molecule has 0 aromatic rings. The minimum atomic E-state index is -3.43. The van der Waals surface area contributed by atoms with Crippen LogP contribution in [0.5, 0.6) is 0 Å². The van der Waals surface area contributed by atoms with Gasteiger partial charge in [-0.3, -0.25) is 0 Å². The van der Waals surface area contributed by atoms with Crippen molar-refractivity contribution in [2.75, 3.05) is 6.67 Å². The smallest absolute Gasteiger partial charge is 0.253 e. The Morgan fingerprint density at radius 3 is 1.62 bits per heavy atom. The topological polar surface area (TPSA) is 26.0 Å². The molecule has 13 heavy (non-hydrogen) atoms. The molecule has 1 nitrogen and oxygen atoms in total. The van der Waals surface area contributed by atoms with Crippen LogP contribution >= 0.6 is 0 Å². The summed E-state index contributed by atoms with van der Waals surface area (Å²) in [6.45, 7) is -1.78. The zero-order valence-corrected chi connectivity index (χ0v) is 6.74. The molecule has 0 bridgehead atoms. The Hall–Kier alpha value is -0.390. The van der Waals surface area contributed by atoms with Gasteiger partial charge in [0.15, 0.2) is 0 Å². The van der Waals surface area contributed by atoms with Crippen LogP contribution in [0.1, 0.15) is 12.8 Å². The van der Waals surface area contributed by atoms with E-state index in [9.17, 15) is 22.0 Å². The van der Waals surface area contributed by atoms with Gasteiger partial charge >= 0.3 is 0 Å². The van der Waals surface area contributed by atoms with Gasteiger partial charge in [-0.2, -0.15) is 0 Å². The normalized spacial score (nSPS) is 21.2. The molecule has 2 N–H and O–H groups in total. The molecule has 0 aliphatic heterocycles. The summed E-state index contributed by atoms with van der Waals surface area (Å²) in [6.07, 6.45) is -6.79. The Bertz CT molecular complexity index is 181. The van der Waals surface area contributed by atoms with Crippen molar-refractivity contribution in [3.05, 3.63) is 0 Å². The second-order valence-corrected chi connectivity index (χ2v) is 3.43. The van der Waals surface area contributed by atoms with E-state index in [2.05, 4.69) is 0 Å². The van der Waals surface area contributed by atoms with Crippen molar-refractivity contribution in [1.29, 1.82) is 0 Å². The molecular formula is C7H10F5N. The van der Waals surface area contributed by atoms with Gasteiger partial charge in [-0.15, -0.1) is 0 Å². The fourth-order valence-electron chi connectivity index (χ4n) is 1.38. The Balaban J connectivity index is 2.96. The predicted molar refractivity (Wildman–Crippen MR) is 36.6 cm³/mol. The lowest BCUT2D eigenvalue weighted by Gasteiger charge is -2.35. The van der Waals surface area contributed by atoms with Gasteiger partial charge in [-0.1, -0.05) is 0 Å². The number of rotatable bonds is 4. The summed E-state index contributed by atoms with van der Waals surface area (Å²) in [6, 6.07) is 0. The highest BCUT2D eigenvalue weighted by Gasteiger charge is 2.67. The van der Waals surface area contributed by atoms with Gasteiger partial charge in [-0.25, -0.2) is 22.0 Å². The van der Waals surface area contributed by atoms with Crippen LogP contribution in [0, 0.1) is 5.41 Å². The van der Waals surface area contributed by atoms with E-state index in [0.29, 0.717) is 0 Å². The molecule has 1 aliphatic carbocycles. The lowest BCUT2D eigenvalue weighted by molar-refractivity contribution is -0.140. The zero-order valence-electron chi connectivity index (χ0n) is 6.74. The van der Waals surface area contributed by atoms with Crippen LogP contribution in [-0.4, -0.2) is 25.1 Å². The lowest BCUT2D eigenvalue weighted by atomic mass is 9.80. The van der Waals surface area contributed by atoms with E-state index in [1.54, 1.807) is 0 Å². The average Bonchev–Trinajstić information content (AvgIpc) is 2.69. The van der Waals surface area contributed by atoms with Gasteiger partial charge in [0.1, 0.15) is 12.1 Å². The second kappa shape index (κ2) is 3.08. The van der Waals surface area contributed by atoms with Crippen molar-refractivity contribution in [3.8, 4) is 0 Å². The van der Waals surface area contributed by atoms with Gasteiger partial charge < -0.3 is 5.73 Å². The van der Waals surface area contributed by atoms with Crippen molar-refractivity contribution in [3.63, 3.8) is 0 Å². The monoisotopic (exact) mass is 203 g/mol. The van der Waals surface area contributed by atoms with Gasteiger partial charge in [-0.05, 0) is 12.8 Å². The standard InChI is InChI=1S/C7H10F5N/c8-3-7(4(9)10,5(11)12)6(13)1-2-6/h4-5H,1-3,13H2. The van der Waals surface area contributed by atoms with Crippen molar-refractivity contribution in [2.24, 2.45) is 11.1 Å². The van der Waals surface area contributed by atoms with Crippen molar-refractivity contribution in [2.45, 2.75) is 31.2 Å². The van der Waals surface area contributed by atoms with Gasteiger partial charge in [0.2, 0.25) is 0 Å². The van der Waals surface area contributed by atoms with Gasteiger partial charge in [0.25, 0.3) is 12.9 Å². The fourth-order valence-corrected chi connectivity index (χ4v) is 1.38. The molecule has 0 amide bonds. The first-order chi connectivity index (χ1) is 5.90. The number of halogens is 5. The van der Waals surface area contributed by atoms with E-state index < -0.39 is 30.5 Å². The number of hydrogen-bond acceptors (Lipinski definition) is 1. The van der Waals surface area contributed by atoms with Crippen LogP contribution < -0.4 is 5.73 Å². The largest absolute Gasteiger partial charge is 0.324 e. The third-order valence-corrected chi connectivity index (χ3v) is 2.72. The molecule has 0 unspecified atom stereocenters. The van der Waals surface area contributed by atoms with Crippen LogP contribution in [0.3, 0.4) is 0 Å². The molecule has 1 saturated carbocycles. The van der Waals surface area contributed by atoms with Crippen LogP contribution in [-0.2, 0) is 0 Å². The molecule has 0 aromatic heterocycles. The molecule has 0 radical (unpaired) electrons. The molecule has 1 aliphatic rings. The molecular weight excluding hydrogens is 193 g/mol. The average molecular weight is 203 g/mol. The van der Waals surface area contributed by atoms with Gasteiger partial charge in [0, 0.05) is 5.54 Å². The maximum absolute atomic E-state index is 12.3. The Labute approximate surface area is 72.1 Å². The maximum Gasteiger partial charge on any atom is 0.253 e. The molecule has 0 aromatic carbocycles. The number of alkyl halides is 5. The Morgan fingerprint density at radius 2 is 1.54 bits per heavy atom. The van der Waals surface area contributed by atoms with Crippen LogP contribution in [0.15, 0.2) is 0 Å². The summed E-state index contributed by atoms with van der Waals surface area (Å²) in [5, 5.41) is 0. The summed E-state index contributed by atoms with van der Waals surface area (Å²) in [5.74, 6) is 0. The van der Waals surface area contributed by atoms with Gasteiger partial charge in [0.05, 0.1) is 0 Å². The molecule has 1 fully saturated rings. The first-order valence-electron chi connectivity index (χ1n) is 3.82. The van der Waals surface area contributed by atoms with E-state index in [4.69, 9.17) is 5.73 Å². The molecule has 78 valence electrons. The number of hydrogen-bond donors (Lipinski definition) is 1.